The fraction of sp³-hybridized carbons (Fsp3) is 0.412. The van der Waals surface area contributed by atoms with Crippen LogP contribution >= 0.6 is 0 Å². The molecule has 0 unspecified atom stereocenters. The van der Waals surface area contributed by atoms with Crippen molar-refractivity contribution in [2.75, 3.05) is 12.4 Å². The molecule has 25 heavy (non-hydrogen) atoms. The molecule has 2 aliphatic rings. The lowest BCUT2D eigenvalue weighted by atomic mass is 9.93. The molecule has 2 heterocycles. The van der Waals surface area contributed by atoms with Crippen LogP contribution in [-0.4, -0.2) is 44.1 Å². The van der Waals surface area contributed by atoms with Crippen LogP contribution in [0.5, 0.6) is 11.5 Å². The standard InChI is InChI=1S/C17H19NO6S/c1-17(2)8-14(19)13-4-3-12(7-15(13)24-17)23-9-16(20)18-11-5-6-25(21,22)10-11/h3-7,11H,8-10H2,1-2H3,(H,18,20)/t11-/m1/s1. The van der Waals surface area contributed by atoms with Gasteiger partial charge in [-0.3, -0.25) is 9.59 Å². The normalized spacial score (nSPS) is 22.8. The van der Waals surface area contributed by atoms with E-state index in [1.54, 1.807) is 18.2 Å². The number of ether oxygens (including phenoxy) is 2. The zero-order chi connectivity index (χ0) is 18.2. The lowest BCUT2D eigenvalue weighted by molar-refractivity contribution is -0.123. The maximum absolute atomic E-state index is 12.1. The number of Topliss-reactive ketones (excluding diaryl/α,β-unsaturated/α-hetero) is 1. The molecule has 0 spiro atoms. The molecule has 0 aromatic heterocycles. The molecule has 0 aliphatic carbocycles. The fourth-order valence-electron chi connectivity index (χ4n) is 2.79. The van der Waals surface area contributed by atoms with Crippen LogP contribution in [0.4, 0.5) is 0 Å². The van der Waals surface area contributed by atoms with Crippen molar-refractivity contribution in [2.24, 2.45) is 0 Å². The summed E-state index contributed by atoms with van der Waals surface area (Å²) in [7, 11) is -3.22. The van der Waals surface area contributed by atoms with E-state index < -0.39 is 27.4 Å². The van der Waals surface area contributed by atoms with Gasteiger partial charge >= 0.3 is 0 Å². The van der Waals surface area contributed by atoms with Gasteiger partial charge in [-0.1, -0.05) is 0 Å². The fourth-order valence-corrected chi connectivity index (χ4v) is 4.02. The molecule has 8 heteroatoms. The second-order valence-electron chi connectivity index (χ2n) is 6.74. The Morgan fingerprint density at radius 1 is 1.40 bits per heavy atom. The number of amides is 1. The Labute approximate surface area is 145 Å². The predicted molar refractivity (Wildman–Crippen MR) is 90.4 cm³/mol. The van der Waals surface area contributed by atoms with Gasteiger partial charge < -0.3 is 14.8 Å². The van der Waals surface area contributed by atoms with Crippen molar-refractivity contribution in [2.45, 2.75) is 31.9 Å². The maximum Gasteiger partial charge on any atom is 0.258 e. The molecule has 1 amide bonds. The van der Waals surface area contributed by atoms with Gasteiger partial charge in [0.15, 0.2) is 22.2 Å². The molecule has 7 nitrogen and oxygen atoms in total. The predicted octanol–water partition coefficient (Wildman–Crippen LogP) is 1.24. The molecule has 1 atom stereocenters. The van der Waals surface area contributed by atoms with Gasteiger partial charge in [-0.2, -0.15) is 0 Å². The minimum absolute atomic E-state index is 0.00442. The van der Waals surface area contributed by atoms with E-state index in [0.717, 1.165) is 5.41 Å². The number of hydrogen-bond acceptors (Lipinski definition) is 6. The van der Waals surface area contributed by atoms with E-state index in [1.807, 2.05) is 13.8 Å². The Balaban J connectivity index is 1.60. The molecule has 1 aromatic carbocycles. The lowest BCUT2D eigenvalue weighted by Gasteiger charge is -2.31. The number of fused-ring (bicyclic) bond motifs is 1. The number of ketones is 1. The van der Waals surface area contributed by atoms with Crippen LogP contribution in [0.25, 0.3) is 0 Å². The third-order valence-corrected chi connectivity index (χ3v) is 5.27. The van der Waals surface area contributed by atoms with Crippen LogP contribution in [0.2, 0.25) is 0 Å². The number of benzene rings is 1. The van der Waals surface area contributed by atoms with E-state index in [-0.39, 0.29) is 18.1 Å². The molecular formula is C17H19NO6S. The van der Waals surface area contributed by atoms with E-state index in [2.05, 4.69) is 5.32 Å². The highest BCUT2D eigenvalue weighted by Crippen LogP contribution is 2.35. The number of nitrogens with one attached hydrogen (secondary N) is 1. The van der Waals surface area contributed by atoms with Gasteiger partial charge in [0.25, 0.3) is 5.91 Å². The highest BCUT2D eigenvalue weighted by atomic mass is 32.2. The molecule has 2 aliphatic heterocycles. The van der Waals surface area contributed by atoms with Crippen LogP contribution < -0.4 is 14.8 Å². The highest BCUT2D eigenvalue weighted by molar-refractivity contribution is 7.94. The van der Waals surface area contributed by atoms with Crippen LogP contribution in [0.15, 0.2) is 29.7 Å². The van der Waals surface area contributed by atoms with Crippen molar-refractivity contribution in [3.8, 4) is 11.5 Å². The Bertz CT molecular complexity index is 856. The molecule has 0 saturated carbocycles. The van der Waals surface area contributed by atoms with Crippen molar-refractivity contribution in [1.29, 1.82) is 0 Å². The van der Waals surface area contributed by atoms with Gasteiger partial charge in [0, 0.05) is 11.5 Å². The van der Waals surface area contributed by atoms with Crippen molar-refractivity contribution < 1.29 is 27.5 Å². The summed E-state index contributed by atoms with van der Waals surface area (Å²) in [4.78, 5) is 24.0. The number of sulfone groups is 1. The van der Waals surface area contributed by atoms with Crippen LogP contribution in [0.1, 0.15) is 30.6 Å². The average Bonchev–Trinajstić information content (AvgIpc) is 2.82. The van der Waals surface area contributed by atoms with Crippen molar-refractivity contribution in [3.05, 3.63) is 35.2 Å². The van der Waals surface area contributed by atoms with Gasteiger partial charge in [0.2, 0.25) is 0 Å². The quantitative estimate of drug-likeness (QED) is 0.862. The first kappa shape index (κ1) is 17.5. The van der Waals surface area contributed by atoms with Crippen LogP contribution in [-0.2, 0) is 14.6 Å². The van der Waals surface area contributed by atoms with Crippen LogP contribution in [0, 0.1) is 0 Å². The third-order valence-electron chi connectivity index (χ3n) is 3.87. The van der Waals surface area contributed by atoms with Gasteiger partial charge in [-0.25, -0.2) is 8.42 Å². The SMILES string of the molecule is CC1(C)CC(=O)c2ccc(OCC(=O)N[C@@H]3C=CS(=O)(=O)C3)cc2O1. The molecule has 1 N–H and O–H groups in total. The zero-order valence-electron chi connectivity index (χ0n) is 13.9. The minimum atomic E-state index is -3.22. The number of rotatable bonds is 4. The lowest BCUT2D eigenvalue weighted by Crippen LogP contribution is -2.38. The summed E-state index contributed by atoms with van der Waals surface area (Å²) in [6, 6.07) is 4.27. The first-order valence-electron chi connectivity index (χ1n) is 7.83. The topological polar surface area (TPSA) is 98.8 Å². The summed E-state index contributed by atoms with van der Waals surface area (Å²) in [5, 5.41) is 3.67. The Morgan fingerprint density at radius 3 is 2.84 bits per heavy atom. The Kier molecular flexibility index (Phi) is 4.32. The summed E-state index contributed by atoms with van der Waals surface area (Å²) in [5.41, 5.74) is -0.0853. The largest absolute Gasteiger partial charge is 0.486 e. The molecule has 0 bridgehead atoms. The minimum Gasteiger partial charge on any atom is -0.486 e. The van der Waals surface area contributed by atoms with E-state index in [0.29, 0.717) is 23.5 Å². The number of carbonyl (C=O) groups is 2. The van der Waals surface area contributed by atoms with Gasteiger partial charge in [0.05, 0.1) is 23.8 Å². The number of hydrogen-bond donors (Lipinski definition) is 1. The smallest absolute Gasteiger partial charge is 0.258 e. The first-order valence-corrected chi connectivity index (χ1v) is 9.54. The molecule has 1 aromatic rings. The van der Waals surface area contributed by atoms with E-state index in [4.69, 9.17) is 9.47 Å². The molecular weight excluding hydrogens is 346 g/mol. The van der Waals surface area contributed by atoms with Gasteiger partial charge in [-0.15, -0.1) is 0 Å². The van der Waals surface area contributed by atoms with E-state index >= 15 is 0 Å². The first-order chi connectivity index (χ1) is 11.6. The molecule has 0 fully saturated rings. The summed E-state index contributed by atoms with van der Waals surface area (Å²) < 4.78 is 33.8. The summed E-state index contributed by atoms with van der Waals surface area (Å²) >= 11 is 0. The third kappa shape index (κ3) is 4.19. The second-order valence-corrected chi connectivity index (χ2v) is 8.67. The summed E-state index contributed by atoms with van der Waals surface area (Å²) in [6.45, 7) is 3.40. The monoisotopic (exact) mass is 365 g/mol. The molecule has 134 valence electrons. The molecule has 0 saturated heterocycles. The molecule has 3 rings (SSSR count). The van der Waals surface area contributed by atoms with Crippen molar-refractivity contribution >= 4 is 21.5 Å². The zero-order valence-corrected chi connectivity index (χ0v) is 14.8. The maximum atomic E-state index is 12.1. The highest BCUT2D eigenvalue weighted by Gasteiger charge is 2.32. The Morgan fingerprint density at radius 2 is 2.16 bits per heavy atom. The van der Waals surface area contributed by atoms with Crippen molar-refractivity contribution in [1.82, 2.24) is 5.32 Å². The summed E-state index contributed by atoms with van der Waals surface area (Å²) in [6.07, 6.45) is 1.74. The van der Waals surface area contributed by atoms with E-state index in [9.17, 15) is 18.0 Å². The second kappa shape index (κ2) is 6.18. The van der Waals surface area contributed by atoms with E-state index in [1.165, 1.54) is 6.08 Å². The number of carbonyl (C=O) groups excluding carboxylic acids is 2. The van der Waals surface area contributed by atoms with Crippen molar-refractivity contribution in [3.63, 3.8) is 0 Å². The van der Waals surface area contributed by atoms with Crippen LogP contribution in [0.3, 0.4) is 0 Å². The average molecular weight is 365 g/mol. The summed E-state index contributed by atoms with van der Waals surface area (Å²) in [5.74, 6) is 0.271. The Hall–Kier alpha value is -2.35. The van der Waals surface area contributed by atoms with Gasteiger partial charge in [-0.05, 0) is 32.1 Å². The van der Waals surface area contributed by atoms with Gasteiger partial charge in [0.1, 0.15) is 17.1 Å². The molecule has 0 radical (unpaired) electrons.